The number of hydrogen-bond donors (Lipinski definition) is 0. The van der Waals surface area contributed by atoms with Gasteiger partial charge in [-0.3, -0.25) is 9.59 Å². The third kappa shape index (κ3) is 6.72. The monoisotopic (exact) mass is 553 g/mol. The standard InChI is InChI=1S/C34H32ClNO4/c1-36(29-14-8-13-28(35)22-29)33(37)27-12-7-9-24(21-27)23-39-30-19-17-25(18-20-30)31-15-5-6-16-32(31)40-34(38)26-10-3-2-4-11-26/h5-9,12-22,26H,2-4,10-11,23H2,1H3. The Hall–Kier alpha value is -4.09. The third-order valence-electron chi connectivity index (χ3n) is 7.28. The van der Waals surface area contributed by atoms with Crippen molar-refractivity contribution >= 4 is 29.2 Å². The van der Waals surface area contributed by atoms with Gasteiger partial charge in [-0.05, 0) is 72.5 Å². The van der Waals surface area contributed by atoms with Crippen LogP contribution in [0.2, 0.25) is 5.02 Å². The van der Waals surface area contributed by atoms with Crippen molar-refractivity contribution in [1.82, 2.24) is 0 Å². The first-order valence-electron chi connectivity index (χ1n) is 13.6. The largest absolute Gasteiger partial charge is 0.489 e. The fourth-order valence-electron chi connectivity index (χ4n) is 5.01. The van der Waals surface area contributed by atoms with Crippen LogP contribution in [-0.4, -0.2) is 18.9 Å². The Balaban J connectivity index is 1.22. The quantitative estimate of drug-likeness (QED) is 0.162. The van der Waals surface area contributed by atoms with Gasteiger partial charge in [0.2, 0.25) is 0 Å². The molecule has 5 rings (SSSR count). The van der Waals surface area contributed by atoms with Crippen LogP contribution in [0.5, 0.6) is 11.5 Å². The van der Waals surface area contributed by atoms with Crippen LogP contribution in [-0.2, 0) is 11.4 Å². The van der Waals surface area contributed by atoms with Gasteiger partial charge in [-0.15, -0.1) is 0 Å². The van der Waals surface area contributed by atoms with Crippen LogP contribution in [0, 0.1) is 5.92 Å². The van der Waals surface area contributed by atoms with E-state index in [0.717, 1.165) is 48.1 Å². The molecule has 40 heavy (non-hydrogen) atoms. The number of esters is 1. The van der Waals surface area contributed by atoms with Crippen molar-refractivity contribution in [3.05, 3.63) is 113 Å². The summed E-state index contributed by atoms with van der Waals surface area (Å²) in [6.45, 7) is 0.316. The first-order valence-corrected chi connectivity index (χ1v) is 14.0. The zero-order valence-electron chi connectivity index (χ0n) is 22.5. The van der Waals surface area contributed by atoms with E-state index in [9.17, 15) is 9.59 Å². The molecular weight excluding hydrogens is 522 g/mol. The van der Waals surface area contributed by atoms with Gasteiger partial charge < -0.3 is 14.4 Å². The van der Waals surface area contributed by atoms with Crippen LogP contribution in [0.25, 0.3) is 11.1 Å². The number of amides is 1. The Kier molecular flexibility index (Phi) is 8.82. The van der Waals surface area contributed by atoms with E-state index in [1.165, 1.54) is 6.42 Å². The Bertz CT molecular complexity index is 1480. The summed E-state index contributed by atoms with van der Waals surface area (Å²) in [4.78, 5) is 27.4. The molecule has 204 valence electrons. The number of benzene rings is 4. The van der Waals surface area contributed by atoms with E-state index in [4.69, 9.17) is 21.1 Å². The van der Waals surface area contributed by atoms with Crippen LogP contribution >= 0.6 is 11.6 Å². The summed E-state index contributed by atoms with van der Waals surface area (Å²) < 4.78 is 11.9. The molecule has 4 aromatic rings. The molecule has 5 nitrogen and oxygen atoms in total. The lowest BCUT2D eigenvalue weighted by Crippen LogP contribution is -2.26. The van der Waals surface area contributed by atoms with Gasteiger partial charge in [0.15, 0.2) is 0 Å². The van der Waals surface area contributed by atoms with E-state index in [-0.39, 0.29) is 17.8 Å². The molecule has 1 fully saturated rings. The number of carbonyl (C=O) groups excluding carboxylic acids is 2. The molecule has 0 saturated heterocycles. The first kappa shape index (κ1) is 27.5. The number of para-hydroxylation sites is 1. The highest BCUT2D eigenvalue weighted by atomic mass is 35.5. The van der Waals surface area contributed by atoms with Crippen molar-refractivity contribution in [2.75, 3.05) is 11.9 Å². The molecule has 0 atom stereocenters. The van der Waals surface area contributed by atoms with Crippen LogP contribution in [0.1, 0.15) is 48.0 Å². The SMILES string of the molecule is CN(C(=O)c1cccc(COc2ccc(-c3ccccc3OC(=O)C3CCCCC3)cc2)c1)c1cccc(Cl)c1. The minimum Gasteiger partial charge on any atom is -0.489 e. The molecule has 0 unspecified atom stereocenters. The van der Waals surface area contributed by atoms with Crippen molar-refractivity contribution in [3.8, 4) is 22.6 Å². The van der Waals surface area contributed by atoms with E-state index in [0.29, 0.717) is 28.7 Å². The second kappa shape index (κ2) is 12.8. The fraction of sp³-hybridized carbons (Fsp3) is 0.235. The molecule has 0 aliphatic heterocycles. The highest BCUT2D eigenvalue weighted by Crippen LogP contribution is 2.33. The fourth-order valence-corrected chi connectivity index (χ4v) is 5.20. The summed E-state index contributed by atoms with van der Waals surface area (Å²) >= 11 is 6.09. The predicted molar refractivity (Wildman–Crippen MR) is 159 cm³/mol. The number of carbonyl (C=O) groups is 2. The van der Waals surface area contributed by atoms with Crippen molar-refractivity contribution in [2.24, 2.45) is 5.92 Å². The summed E-state index contributed by atoms with van der Waals surface area (Å²) in [6, 6.07) is 30.0. The minimum absolute atomic E-state index is 0.0105. The van der Waals surface area contributed by atoms with Crippen LogP contribution in [0.3, 0.4) is 0 Å². The van der Waals surface area contributed by atoms with Gasteiger partial charge in [0, 0.05) is 28.9 Å². The van der Waals surface area contributed by atoms with E-state index in [2.05, 4.69) is 0 Å². The van der Waals surface area contributed by atoms with Crippen LogP contribution in [0.4, 0.5) is 5.69 Å². The Morgan fingerprint density at radius 1 is 0.850 bits per heavy atom. The molecule has 0 radical (unpaired) electrons. The smallest absolute Gasteiger partial charge is 0.314 e. The molecule has 6 heteroatoms. The third-order valence-corrected chi connectivity index (χ3v) is 7.52. The highest BCUT2D eigenvalue weighted by Gasteiger charge is 2.24. The van der Waals surface area contributed by atoms with Gasteiger partial charge in [-0.2, -0.15) is 0 Å². The molecule has 4 aromatic carbocycles. The van der Waals surface area contributed by atoms with E-state index < -0.39 is 0 Å². The van der Waals surface area contributed by atoms with Crippen LogP contribution in [0.15, 0.2) is 97.1 Å². The maximum Gasteiger partial charge on any atom is 0.314 e. The van der Waals surface area contributed by atoms with Gasteiger partial charge in [0.05, 0.1) is 5.92 Å². The minimum atomic E-state index is -0.133. The molecule has 0 heterocycles. The number of ether oxygens (including phenoxy) is 2. The van der Waals surface area contributed by atoms with Gasteiger partial charge >= 0.3 is 5.97 Å². The Labute approximate surface area is 240 Å². The first-order chi connectivity index (χ1) is 19.5. The average molecular weight is 554 g/mol. The van der Waals surface area contributed by atoms with Gasteiger partial charge in [-0.25, -0.2) is 0 Å². The zero-order chi connectivity index (χ0) is 27.9. The summed E-state index contributed by atoms with van der Waals surface area (Å²) in [5.41, 5.74) is 3.99. The maximum absolute atomic E-state index is 13.1. The lowest BCUT2D eigenvalue weighted by Gasteiger charge is -2.20. The number of nitrogens with zero attached hydrogens (tertiary/aromatic N) is 1. The molecular formula is C34H32ClNO4. The van der Waals surface area contributed by atoms with Gasteiger partial charge in [0.25, 0.3) is 5.91 Å². The Morgan fingerprint density at radius 2 is 1.60 bits per heavy atom. The molecule has 1 amide bonds. The normalized spacial score (nSPS) is 13.4. The van der Waals surface area contributed by atoms with Crippen molar-refractivity contribution in [1.29, 1.82) is 0 Å². The summed E-state index contributed by atoms with van der Waals surface area (Å²) in [7, 11) is 1.73. The van der Waals surface area contributed by atoms with Crippen molar-refractivity contribution in [2.45, 2.75) is 38.7 Å². The average Bonchev–Trinajstić information content (AvgIpc) is 3.00. The molecule has 0 N–H and O–H groups in total. The lowest BCUT2D eigenvalue weighted by molar-refractivity contribution is -0.139. The highest BCUT2D eigenvalue weighted by molar-refractivity contribution is 6.31. The number of anilines is 1. The molecule has 1 aliphatic carbocycles. The van der Waals surface area contributed by atoms with Crippen molar-refractivity contribution < 1.29 is 19.1 Å². The summed E-state index contributed by atoms with van der Waals surface area (Å²) in [6.07, 6.45) is 5.18. The molecule has 0 aromatic heterocycles. The molecule has 1 aliphatic rings. The van der Waals surface area contributed by atoms with E-state index in [1.807, 2.05) is 78.9 Å². The predicted octanol–water partition coefficient (Wildman–Crippen LogP) is 8.35. The summed E-state index contributed by atoms with van der Waals surface area (Å²) in [5, 5.41) is 0.578. The summed E-state index contributed by atoms with van der Waals surface area (Å²) in [5.74, 6) is 1.01. The molecule has 0 spiro atoms. The number of rotatable bonds is 8. The molecule has 0 bridgehead atoms. The number of hydrogen-bond acceptors (Lipinski definition) is 4. The molecule has 1 saturated carbocycles. The van der Waals surface area contributed by atoms with E-state index in [1.54, 1.807) is 30.1 Å². The van der Waals surface area contributed by atoms with E-state index >= 15 is 0 Å². The Morgan fingerprint density at radius 3 is 2.38 bits per heavy atom. The lowest BCUT2D eigenvalue weighted by atomic mass is 9.89. The second-order valence-electron chi connectivity index (χ2n) is 10.1. The van der Waals surface area contributed by atoms with Crippen LogP contribution < -0.4 is 14.4 Å². The maximum atomic E-state index is 13.1. The van der Waals surface area contributed by atoms with Gasteiger partial charge in [-0.1, -0.05) is 79.4 Å². The van der Waals surface area contributed by atoms with Gasteiger partial charge in [0.1, 0.15) is 18.1 Å². The number of halogens is 1. The van der Waals surface area contributed by atoms with Crippen molar-refractivity contribution in [3.63, 3.8) is 0 Å². The zero-order valence-corrected chi connectivity index (χ0v) is 23.3. The second-order valence-corrected chi connectivity index (χ2v) is 10.5. The topological polar surface area (TPSA) is 55.8 Å².